The molecule has 4 rings (SSSR count). The van der Waals surface area contributed by atoms with Gasteiger partial charge in [0.25, 0.3) is 0 Å². The Morgan fingerprint density at radius 3 is 2.67 bits per heavy atom. The molecule has 0 saturated heterocycles. The molecule has 0 atom stereocenters. The summed E-state index contributed by atoms with van der Waals surface area (Å²) in [7, 11) is 0. The lowest BCUT2D eigenvalue weighted by atomic mass is 9.86. The van der Waals surface area contributed by atoms with Gasteiger partial charge < -0.3 is 15.2 Å². The second-order valence-electron chi connectivity index (χ2n) is 7.90. The summed E-state index contributed by atoms with van der Waals surface area (Å²) in [6.07, 6.45) is 3.36. The van der Waals surface area contributed by atoms with Crippen molar-refractivity contribution in [1.29, 1.82) is 0 Å². The molecule has 1 fully saturated rings. The number of aromatic nitrogens is 4. The Morgan fingerprint density at radius 2 is 1.94 bits per heavy atom. The van der Waals surface area contributed by atoms with E-state index >= 15 is 0 Å². The molecular formula is C22H22F3N5O3. The summed E-state index contributed by atoms with van der Waals surface area (Å²) in [6.45, 7) is 0.408. The van der Waals surface area contributed by atoms with Gasteiger partial charge in [0.15, 0.2) is 5.75 Å². The summed E-state index contributed by atoms with van der Waals surface area (Å²) in [4.78, 5) is 19.0. The molecule has 0 bridgehead atoms. The van der Waals surface area contributed by atoms with E-state index < -0.39 is 17.8 Å². The first kappa shape index (κ1) is 22.6. The van der Waals surface area contributed by atoms with Crippen molar-refractivity contribution in [1.82, 2.24) is 25.1 Å². The molecule has 1 aliphatic rings. The molecule has 33 heavy (non-hydrogen) atoms. The fourth-order valence-electron chi connectivity index (χ4n) is 3.98. The molecule has 174 valence electrons. The van der Waals surface area contributed by atoms with E-state index in [2.05, 4.69) is 20.4 Å². The maximum atomic E-state index is 13.4. The first-order valence-corrected chi connectivity index (χ1v) is 10.4. The van der Waals surface area contributed by atoms with E-state index in [0.717, 1.165) is 31.7 Å². The molecule has 2 aromatic heterocycles. The second kappa shape index (κ2) is 9.47. The van der Waals surface area contributed by atoms with Gasteiger partial charge in [0.1, 0.15) is 12.0 Å². The van der Waals surface area contributed by atoms with Crippen molar-refractivity contribution in [3.63, 3.8) is 0 Å². The van der Waals surface area contributed by atoms with Crippen LogP contribution in [-0.2, 0) is 6.18 Å². The fraction of sp³-hybridized carbons (Fsp3) is 0.364. The summed E-state index contributed by atoms with van der Waals surface area (Å²) >= 11 is 0. The number of alkyl halides is 3. The van der Waals surface area contributed by atoms with E-state index in [1.54, 1.807) is 0 Å². The Labute approximate surface area is 187 Å². The molecule has 3 aromatic rings. The number of hydrogen-bond acceptors (Lipinski definition) is 5. The van der Waals surface area contributed by atoms with Crippen LogP contribution in [-0.4, -0.2) is 43.6 Å². The van der Waals surface area contributed by atoms with E-state index in [-0.39, 0.29) is 17.6 Å². The predicted octanol–water partition coefficient (Wildman–Crippen LogP) is 4.55. The monoisotopic (exact) mass is 461 g/mol. The van der Waals surface area contributed by atoms with Crippen molar-refractivity contribution in [2.75, 3.05) is 6.61 Å². The zero-order chi connectivity index (χ0) is 23.4. The van der Waals surface area contributed by atoms with Crippen LogP contribution in [0.3, 0.4) is 0 Å². The number of halogens is 3. The van der Waals surface area contributed by atoms with Gasteiger partial charge in [-0.15, -0.1) is 0 Å². The summed E-state index contributed by atoms with van der Waals surface area (Å²) in [5, 5.41) is 15.5. The molecule has 1 saturated carbocycles. The van der Waals surface area contributed by atoms with Crippen LogP contribution >= 0.6 is 0 Å². The molecule has 0 aliphatic heterocycles. The molecule has 1 aliphatic carbocycles. The van der Waals surface area contributed by atoms with Crippen molar-refractivity contribution >= 4 is 6.09 Å². The predicted molar refractivity (Wildman–Crippen MR) is 112 cm³/mol. The highest BCUT2D eigenvalue weighted by molar-refractivity contribution is 5.65. The van der Waals surface area contributed by atoms with E-state index in [0.29, 0.717) is 23.6 Å². The summed E-state index contributed by atoms with van der Waals surface area (Å²) in [5.41, 5.74) is 0.0621. The number of nitrogens with one attached hydrogen (secondary N) is 1. The van der Waals surface area contributed by atoms with E-state index in [4.69, 9.17) is 9.84 Å². The Bertz CT molecular complexity index is 1110. The van der Waals surface area contributed by atoms with E-state index in [9.17, 15) is 18.0 Å². The van der Waals surface area contributed by atoms with Crippen LogP contribution in [0.5, 0.6) is 5.75 Å². The molecule has 11 heteroatoms. The maximum Gasteiger partial charge on any atom is 0.418 e. The first-order chi connectivity index (χ1) is 15.8. The lowest BCUT2D eigenvalue weighted by Gasteiger charge is -2.28. The van der Waals surface area contributed by atoms with Gasteiger partial charge in [-0.1, -0.05) is 12.1 Å². The molecule has 1 aromatic carbocycles. The van der Waals surface area contributed by atoms with Gasteiger partial charge >= 0.3 is 12.3 Å². The molecular weight excluding hydrogens is 439 g/mol. The second-order valence-corrected chi connectivity index (χ2v) is 7.90. The van der Waals surface area contributed by atoms with Crippen LogP contribution in [0.2, 0.25) is 0 Å². The van der Waals surface area contributed by atoms with Crippen LogP contribution in [0.4, 0.5) is 18.0 Å². The Balaban J connectivity index is 1.47. The molecule has 0 radical (unpaired) electrons. The number of hydrogen-bond donors (Lipinski definition) is 2. The van der Waals surface area contributed by atoms with Crippen LogP contribution in [0, 0.1) is 5.92 Å². The lowest BCUT2D eigenvalue weighted by molar-refractivity contribution is -0.137. The van der Waals surface area contributed by atoms with Gasteiger partial charge in [-0.3, -0.25) is 0 Å². The van der Waals surface area contributed by atoms with E-state index in [1.165, 1.54) is 47.8 Å². The average Bonchev–Trinajstić information content (AvgIpc) is 3.28. The molecule has 0 unspecified atom stereocenters. The van der Waals surface area contributed by atoms with Gasteiger partial charge in [-0.25, -0.2) is 19.4 Å². The largest absolute Gasteiger partial charge is 0.489 e. The number of carboxylic acid groups (broad SMARTS) is 1. The number of benzene rings is 1. The van der Waals surface area contributed by atoms with Crippen LogP contribution in [0.15, 0.2) is 49.2 Å². The van der Waals surface area contributed by atoms with E-state index in [1.807, 2.05) is 0 Å². The number of nitrogens with zero attached hydrogens (tertiary/aromatic N) is 4. The number of carbonyl (C=O) groups is 1. The molecule has 0 spiro atoms. The third-order valence-corrected chi connectivity index (χ3v) is 5.64. The molecule has 8 nitrogen and oxygen atoms in total. The minimum absolute atomic E-state index is 0.0419. The highest BCUT2D eigenvalue weighted by atomic mass is 19.4. The fourth-order valence-corrected chi connectivity index (χ4v) is 3.98. The first-order valence-electron chi connectivity index (χ1n) is 10.4. The number of rotatable bonds is 6. The number of ether oxygens (including phenoxy) is 1. The smallest absolute Gasteiger partial charge is 0.418 e. The number of amides is 1. The molecule has 2 heterocycles. The Kier molecular flexibility index (Phi) is 6.47. The summed E-state index contributed by atoms with van der Waals surface area (Å²) < 4.78 is 47.3. The lowest BCUT2D eigenvalue weighted by Crippen LogP contribution is -2.37. The normalized spacial score (nSPS) is 18.6. The van der Waals surface area contributed by atoms with Gasteiger partial charge in [0, 0.05) is 17.8 Å². The Morgan fingerprint density at radius 1 is 1.18 bits per heavy atom. The van der Waals surface area contributed by atoms with Crippen molar-refractivity contribution in [2.24, 2.45) is 5.92 Å². The minimum atomic E-state index is -4.51. The quantitative estimate of drug-likeness (QED) is 0.558. The Hall–Kier alpha value is -3.63. The number of para-hydroxylation sites is 1. The highest BCUT2D eigenvalue weighted by Gasteiger charge is 2.34. The average molecular weight is 461 g/mol. The molecule has 1 amide bonds. The topological polar surface area (TPSA) is 102 Å². The van der Waals surface area contributed by atoms with Gasteiger partial charge in [0.05, 0.1) is 30.3 Å². The van der Waals surface area contributed by atoms with Crippen molar-refractivity contribution in [2.45, 2.75) is 37.9 Å². The van der Waals surface area contributed by atoms with Crippen LogP contribution in [0.25, 0.3) is 16.9 Å². The zero-order valence-corrected chi connectivity index (χ0v) is 17.5. The van der Waals surface area contributed by atoms with Crippen LogP contribution < -0.4 is 10.1 Å². The standard InChI is InChI=1S/C22H22F3N5O3/c23-22(24,25)17-3-1-2-4-18(17)30-11-15(9-28-30)20-19(10-26-13-27-20)33-12-14-5-7-16(8-6-14)29-21(31)32/h1-4,9-11,13-14,16,29H,5-8,12H2,(H,31,32)/t14-,16+. The highest BCUT2D eigenvalue weighted by Crippen LogP contribution is 2.35. The van der Waals surface area contributed by atoms with Gasteiger partial charge in [0.2, 0.25) is 0 Å². The summed E-state index contributed by atoms with van der Waals surface area (Å²) in [6, 6.07) is 5.17. The summed E-state index contributed by atoms with van der Waals surface area (Å²) in [5.74, 6) is 0.665. The molecule has 2 N–H and O–H groups in total. The third-order valence-electron chi connectivity index (χ3n) is 5.64. The zero-order valence-electron chi connectivity index (χ0n) is 17.5. The van der Waals surface area contributed by atoms with Crippen LogP contribution in [0.1, 0.15) is 31.2 Å². The third kappa shape index (κ3) is 5.41. The van der Waals surface area contributed by atoms with Crippen molar-refractivity contribution in [3.8, 4) is 22.7 Å². The minimum Gasteiger partial charge on any atom is -0.489 e. The maximum absolute atomic E-state index is 13.4. The SMILES string of the molecule is O=C(O)N[C@H]1CC[C@@H](COc2cncnc2-c2cnn(-c3ccccc3C(F)(F)F)c2)CC1. The van der Waals surface area contributed by atoms with Gasteiger partial charge in [-0.2, -0.15) is 18.3 Å². The van der Waals surface area contributed by atoms with Crippen molar-refractivity contribution in [3.05, 3.63) is 54.7 Å². The van der Waals surface area contributed by atoms with Gasteiger partial charge in [-0.05, 0) is 43.7 Å². The van der Waals surface area contributed by atoms with Crippen molar-refractivity contribution < 1.29 is 27.8 Å².